The van der Waals surface area contributed by atoms with Crippen molar-refractivity contribution in [2.45, 2.75) is 99.8 Å². The number of rotatable bonds is 2. The molecule has 158 valence electrons. The van der Waals surface area contributed by atoms with Gasteiger partial charge in [0.25, 0.3) is 0 Å². The first-order valence-electron chi connectivity index (χ1n) is 11.0. The molecule has 1 aliphatic heterocycles. The predicted octanol–water partition coefficient (Wildman–Crippen LogP) is 7.42. The minimum atomic E-state index is 0.0425. The molecular formula is C26H43NO. The lowest BCUT2D eigenvalue weighted by molar-refractivity contribution is -0.0746. The monoisotopic (exact) mass is 385 g/mol. The summed E-state index contributed by atoms with van der Waals surface area (Å²) in [7, 11) is 0. The minimum absolute atomic E-state index is 0.0425. The van der Waals surface area contributed by atoms with E-state index in [0.717, 1.165) is 5.92 Å². The van der Waals surface area contributed by atoms with Gasteiger partial charge in [0.2, 0.25) is 0 Å². The molecule has 1 aromatic heterocycles. The normalized spacial score (nSPS) is 30.7. The second-order valence-electron chi connectivity index (χ2n) is 10.3. The fourth-order valence-electron chi connectivity index (χ4n) is 4.97. The fraction of sp³-hybridized carbons (Fsp3) is 0.692. The first-order chi connectivity index (χ1) is 12.9. The molecule has 1 saturated heterocycles. The summed E-state index contributed by atoms with van der Waals surface area (Å²) in [6.45, 7) is 22.2. The van der Waals surface area contributed by atoms with Crippen molar-refractivity contribution in [1.29, 1.82) is 0 Å². The minimum Gasteiger partial charge on any atom is -0.372 e. The molecule has 0 radical (unpaired) electrons. The molecule has 1 aliphatic carbocycles. The van der Waals surface area contributed by atoms with E-state index in [2.05, 4.69) is 98.1 Å². The molecule has 1 saturated carbocycles. The molecular weight excluding hydrogens is 342 g/mol. The summed E-state index contributed by atoms with van der Waals surface area (Å²) in [6, 6.07) is 5.13. The third-order valence-electron chi connectivity index (χ3n) is 6.54. The second kappa shape index (κ2) is 9.03. The van der Waals surface area contributed by atoms with Crippen LogP contribution in [0.3, 0.4) is 0 Å². The van der Waals surface area contributed by atoms with E-state index in [0.29, 0.717) is 24.0 Å². The number of allylic oxidation sites excluding steroid dienone is 4. The zero-order valence-corrected chi connectivity index (χ0v) is 20.0. The first kappa shape index (κ1) is 23.0. The van der Waals surface area contributed by atoms with Crippen LogP contribution in [0.1, 0.15) is 85.7 Å². The SMILES string of the molecule is CC(C)=CC=C(C)C.Cc1ccc(C)n1C1CC(C)C(C)C2OC(C)(C)CC21. The molecule has 0 aromatic carbocycles. The number of nitrogens with zero attached hydrogens (tertiary/aromatic N) is 1. The molecule has 5 unspecified atom stereocenters. The van der Waals surface area contributed by atoms with Gasteiger partial charge in [-0.05, 0) is 92.2 Å². The zero-order chi connectivity index (χ0) is 21.2. The summed E-state index contributed by atoms with van der Waals surface area (Å²) in [4.78, 5) is 0. The van der Waals surface area contributed by atoms with Crippen molar-refractivity contribution < 1.29 is 4.74 Å². The average Bonchev–Trinajstić information content (AvgIpc) is 3.09. The van der Waals surface area contributed by atoms with E-state index < -0.39 is 0 Å². The fourth-order valence-corrected chi connectivity index (χ4v) is 4.97. The molecule has 0 spiro atoms. The third-order valence-corrected chi connectivity index (χ3v) is 6.54. The van der Waals surface area contributed by atoms with Crippen LogP contribution in [0.25, 0.3) is 0 Å². The van der Waals surface area contributed by atoms with E-state index in [1.165, 1.54) is 35.4 Å². The molecule has 0 bridgehead atoms. The summed E-state index contributed by atoms with van der Waals surface area (Å²) < 4.78 is 9.00. The molecule has 2 fully saturated rings. The summed E-state index contributed by atoms with van der Waals surface area (Å²) in [5.74, 6) is 2.08. The van der Waals surface area contributed by atoms with E-state index in [1.54, 1.807) is 0 Å². The van der Waals surface area contributed by atoms with Crippen molar-refractivity contribution in [3.63, 3.8) is 0 Å². The van der Waals surface area contributed by atoms with Crippen LogP contribution in [0.5, 0.6) is 0 Å². The third kappa shape index (κ3) is 5.41. The van der Waals surface area contributed by atoms with Crippen molar-refractivity contribution in [1.82, 2.24) is 4.57 Å². The van der Waals surface area contributed by atoms with Crippen LogP contribution >= 0.6 is 0 Å². The highest BCUT2D eigenvalue weighted by molar-refractivity contribution is 5.17. The van der Waals surface area contributed by atoms with Gasteiger partial charge in [0.05, 0.1) is 11.7 Å². The Morgan fingerprint density at radius 1 is 1.00 bits per heavy atom. The van der Waals surface area contributed by atoms with Crippen molar-refractivity contribution >= 4 is 0 Å². The van der Waals surface area contributed by atoms with Crippen LogP contribution in [0.4, 0.5) is 0 Å². The van der Waals surface area contributed by atoms with Crippen LogP contribution < -0.4 is 0 Å². The number of aromatic nitrogens is 1. The smallest absolute Gasteiger partial charge is 0.0659 e. The molecule has 1 aromatic rings. The number of fused-ring (bicyclic) bond motifs is 1. The van der Waals surface area contributed by atoms with E-state index in [-0.39, 0.29) is 5.60 Å². The van der Waals surface area contributed by atoms with Gasteiger partial charge in [0.1, 0.15) is 0 Å². The summed E-state index contributed by atoms with van der Waals surface area (Å²) in [5, 5.41) is 0. The lowest BCUT2D eigenvalue weighted by Gasteiger charge is -2.42. The maximum Gasteiger partial charge on any atom is 0.0659 e. The van der Waals surface area contributed by atoms with E-state index >= 15 is 0 Å². The molecule has 0 N–H and O–H groups in total. The Kier molecular flexibility index (Phi) is 7.42. The Hall–Kier alpha value is -1.28. The Bertz CT molecular complexity index is 677. The molecule has 2 aliphatic rings. The van der Waals surface area contributed by atoms with Gasteiger partial charge in [-0.25, -0.2) is 0 Å². The van der Waals surface area contributed by atoms with Crippen LogP contribution in [-0.4, -0.2) is 16.3 Å². The Morgan fingerprint density at radius 3 is 1.96 bits per heavy atom. The van der Waals surface area contributed by atoms with Crippen LogP contribution in [-0.2, 0) is 4.74 Å². The molecule has 28 heavy (non-hydrogen) atoms. The van der Waals surface area contributed by atoms with Gasteiger partial charge in [-0.15, -0.1) is 0 Å². The summed E-state index contributed by atoms with van der Waals surface area (Å²) in [6.07, 6.45) is 7.15. The van der Waals surface area contributed by atoms with Crippen molar-refractivity contribution in [3.8, 4) is 0 Å². The van der Waals surface area contributed by atoms with Gasteiger partial charge >= 0.3 is 0 Å². The van der Waals surface area contributed by atoms with Gasteiger partial charge in [-0.1, -0.05) is 37.1 Å². The van der Waals surface area contributed by atoms with E-state index in [9.17, 15) is 0 Å². The standard InChI is InChI=1S/C18H29NO.C8H14/c1-11-9-16(19-12(2)7-8-13(19)3)15-10-18(5,6)20-17(15)14(11)4;1-7(2)5-6-8(3)4/h7-8,11,14-17H,9-10H2,1-6H3;5-6H,1-4H3. The zero-order valence-electron chi connectivity index (χ0n) is 20.0. The van der Waals surface area contributed by atoms with Crippen molar-refractivity contribution in [2.75, 3.05) is 0 Å². The summed E-state index contributed by atoms with van der Waals surface area (Å²) in [5.41, 5.74) is 5.55. The molecule has 2 heteroatoms. The van der Waals surface area contributed by atoms with Crippen LogP contribution in [0.15, 0.2) is 35.4 Å². The number of hydrogen-bond acceptors (Lipinski definition) is 1. The average molecular weight is 386 g/mol. The molecule has 2 heterocycles. The second-order valence-corrected chi connectivity index (χ2v) is 10.3. The number of hydrogen-bond donors (Lipinski definition) is 0. The predicted molar refractivity (Wildman–Crippen MR) is 122 cm³/mol. The molecule has 5 atom stereocenters. The highest BCUT2D eigenvalue weighted by Gasteiger charge is 2.51. The lowest BCUT2D eigenvalue weighted by Crippen LogP contribution is -2.41. The van der Waals surface area contributed by atoms with E-state index in [1.807, 2.05) is 0 Å². The maximum absolute atomic E-state index is 6.43. The topological polar surface area (TPSA) is 14.2 Å². The van der Waals surface area contributed by atoms with Crippen LogP contribution in [0, 0.1) is 31.6 Å². The number of aryl methyl sites for hydroxylation is 2. The Balaban J connectivity index is 0.000000300. The lowest BCUT2D eigenvalue weighted by atomic mass is 9.69. The van der Waals surface area contributed by atoms with Gasteiger partial charge in [0, 0.05) is 23.3 Å². The largest absolute Gasteiger partial charge is 0.372 e. The van der Waals surface area contributed by atoms with E-state index in [4.69, 9.17) is 4.74 Å². The molecule has 2 nitrogen and oxygen atoms in total. The molecule has 3 rings (SSSR count). The van der Waals surface area contributed by atoms with Gasteiger partial charge in [-0.3, -0.25) is 0 Å². The van der Waals surface area contributed by atoms with Gasteiger partial charge < -0.3 is 9.30 Å². The number of ether oxygens (including phenoxy) is 1. The first-order valence-corrected chi connectivity index (χ1v) is 11.0. The maximum atomic E-state index is 6.43. The molecule has 0 amide bonds. The summed E-state index contributed by atoms with van der Waals surface area (Å²) >= 11 is 0. The quantitative estimate of drug-likeness (QED) is 0.483. The Labute approximate surface area is 174 Å². The van der Waals surface area contributed by atoms with Gasteiger partial charge in [-0.2, -0.15) is 0 Å². The Morgan fingerprint density at radius 2 is 1.50 bits per heavy atom. The van der Waals surface area contributed by atoms with Crippen LogP contribution in [0.2, 0.25) is 0 Å². The van der Waals surface area contributed by atoms with Gasteiger partial charge in [0.15, 0.2) is 0 Å². The van der Waals surface area contributed by atoms with Crippen molar-refractivity contribution in [3.05, 3.63) is 46.8 Å². The van der Waals surface area contributed by atoms with Crippen molar-refractivity contribution in [2.24, 2.45) is 17.8 Å². The highest BCUT2D eigenvalue weighted by atomic mass is 16.5. The highest BCUT2D eigenvalue weighted by Crippen LogP contribution is 2.51.